The zero-order valence-electron chi connectivity index (χ0n) is 11.5. The van der Waals surface area contributed by atoms with E-state index in [2.05, 4.69) is 12.2 Å². The van der Waals surface area contributed by atoms with Crippen LogP contribution >= 0.6 is 0 Å². The minimum absolute atomic E-state index is 0.178. The number of phenols is 1. The average Bonchev–Trinajstić information content (AvgIpc) is 2.68. The van der Waals surface area contributed by atoms with Gasteiger partial charge in [0.05, 0.1) is 0 Å². The number of carboxylic acid groups (broad SMARTS) is 1. The SMILES string of the molecule is CC1CC(C)N(C(=O)Nc2ccc(C(=O)O)c(O)c2)C1. The number of nitrogens with zero attached hydrogens (tertiary/aromatic N) is 1. The average molecular weight is 278 g/mol. The molecule has 0 radical (unpaired) electrons. The highest BCUT2D eigenvalue weighted by Gasteiger charge is 2.29. The number of benzene rings is 1. The molecule has 1 aromatic rings. The van der Waals surface area contributed by atoms with Crippen molar-refractivity contribution in [1.82, 2.24) is 4.90 Å². The normalized spacial score (nSPS) is 21.8. The lowest BCUT2D eigenvalue weighted by atomic mass is 10.1. The number of hydrogen-bond donors (Lipinski definition) is 3. The number of rotatable bonds is 2. The molecular formula is C14H18N2O4. The van der Waals surface area contributed by atoms with Gasteiger partial charge in [-0.3, -0.25) is 0 Å². The third-order valence-electron chi connectivity index (χ3n) is 3.52. The highest BCUT2D eigenvalue weighted by Crippen LogP contribution is 2.25. The number of carboxylic acids is 1. The smallest absolute Gasteiger partial charge is 0.339 e. The molecule has 0 aromatic heterocycles. The number of nitrogens with one attached hydrogen (secondary N) is 1. The number of carbonyl (C=O) groups excluding carboxylic acids is 1. The number of aromatic hydroxyl groups is 1. The molecule has 0 bridgehead atoms. The standard InChI is InChI=1S/C14H18N2O4/c1-8-5-9(2)16(7-8)14(20)15-10-3-4-11(13(18)19)12(17)6-10/h3-4,6,8-9,17H,5,7H2,1-2H3,(H,15,20)(H,18,19). The van der Waals surface area contributed by atoms with Crippen LogP contribution in [0.3, 0.4) is 0 Å². The Morgan fingerprint density at radius 1 is 1.35 bits per heavy atom. The second kappa shape index (κ2) is 5.40. The van der Waals surface area contributed by atoms with Crippen molar-refractivity contribution in [3.05, 3.63) is 23.8 Å². The second-order valence-electron chi connectivity index (χ2n) is 5.31. The van der Waals surface area contributed by atoms with Crippen molar-refractivity contribution < 1.29 is 19.8 Å². The van der Waals surface area contributed by atoms with Gasteiger partial charge in [0.15, 0.2) is 0 Å². The Bertz CT molecular complexity index is 544. The van der Waals surface area contributed by atoms with Gasteiger partial charge >= 0.3 is 12.0 Å². The Morgan fingerprint density at radius 3 is 2.55 bits per heavy atom. The maximum absolute atomic E-state index is 12.1. The lowest BCUT2D eigenvalue weighted by Crippen LogP contribution is -2.37. The van der Waals surface area contributed by atoms with Crippen LogP contribution in [-0.2, 0) is 0 Å². The highest BCUT2D eigenvalue weighted by molar-refractivity contribution is 5.94. The number of anilines is 1. The van der Waals surface area contributed by atoms with E-state index in [1.54, 1.807) is 4.90 Å². The number of hydrogen-bond acceptors (Lipinski definition) is 3. The summed E-state index contributed by atoms with van der Waals surface area (Å²) in [6.07, 6.45) is 0.969. The van der Waals surface area contributed by atoms with Gasteiger partial charge in [-0.25, -0.2) is 9.59 Å². The van der Waals surface area contributed by atoms with Gasteiger partial charge in [-0.2, -0.15) is 0 Å². The summed E-state index contributed by atoms with van der Waals surface area (Å²) in [5.41, 5.74) is 0.190. The summed E-state index contributed by atoms with van der Waals surface area (Å²) < 4.78 is 0. The van der Waals surface area contributed by atoms with Crippen molar-refractivity contribution in [2.24, 2.45) is 5.92 Å². The van der Waals surface area contributed by atoms with E-state index in [4.69, 9.17) is 5.11 Å². The Morgan fingerprint density at radius 2 is 2.05 bits per heavy atom. The summed E-state index contributed by atoms with van der Waals surface area (Å²) in [4.78, 5) is 24.6. The fourth-order valence-corrected chi connectivity index (χ4v) is 2.57. The minimum atomic E-state index is -1.21. The van der Waals surface area contributed by atoms with Gasteiger partial charge in [0.25, 0.3) is 0 Å². The Hall–Kier alpha value is -2.24. The molecule has 0 spiro atoms. The van der Waals surface area contributed by atoms with Crippen molar-refractivity contribution in [1.29, 1.82) is 0 Å². The van der Waals surface area contributed by atoms with Crippen LogP contribution in [0.5, 0.6) is 5.75 Å². The van der Waals surface area contributed by atoms with Crippen LogP contribution in [0.25, 0.3) is 0 Å². The molecule has 1 aromatic carbocycles. The summed E-state index contributed by atoms with van der Waals surface area (Å²) in [7, 11) is 0. The van der Waals surface area contributed by atoms with Crippen molar-refractivity contribution in [3.8, 4) is 5.75 Å². The predicted octanol–water partition coefficient (Wildman–Crippen LogP) is 2.35. The molecule has 2 amide bonds. The lowest BCUT2D eigenvalue weighted by molar-refractivity contribution is 0.0694. The molecule has 6 heteroatoms. The Balaban J connectivity index is 2.09. The predicted molar refractivity (Wildman–Crippen MR) is 74.0 cm³/mol. The van der Waals surface area contributed by atoms with E-state index in [0.29, 0.717) is 18.2 Å². The van der Waals surface area contributed by atoms with Crippen LogP contribution in [-0.4, -0.2) is 39.7 Å². The molecule has 1 fully saturated rings. The van der Waals surface area contributed by atoms with Crippen LogP contribution in [0.1, 0.15) is 30.6 Å². The first-order valence-electron chi connectivity index (χ1n) is 6.52. The summed E-state index contributed by atoms with van der Waals surface area (Å²) in [6, 6.07) is 3.92. The first-order valence-corrected chi connectivity index (χ1v) is 6.52. The molecule has 0 saturated carbocycles. The second-order valence-corrected chi connectivity index (χ2v) is 5.31. The maximum Gasteiger partial charge on any atom is 0.339 e. The molecule has 3 N–H and O–H groups in total. The van der Waals surface area contributed by atoms with Crippen molar-refractivity contribution >= 4 is 17.7 Å². The third kappa shape index (κ3) is 2.84. The number of amides is 2. The topological polar surface area (TPSA) is 89.9 Å². The van der Waals surface area contributed by atoms with Gasteiger partial charge < -0.3 is 20.4 Å². The lowest BCUT2D eigenvalue weighted by Gasteiger charge is -2.22. The van der Waals surface area contributed by atoms with E-state index < -0.39 is 5.97 Å². The van der Waals surface area contributed by atoms with Gasteiger partial charge in [-0.05, 0) is 31.4 Å². The summed E-state index contributed by atoms with van der Waals surface area (Å²) in [5, 5.41) is 21.1. The first-order chi connectivity index (χ1) is 9.38. The van der Waals surface area contributed by atoms with Crippen LogP contribution in [0, 0.1) is 5.92 Å². The first kappa shape index (κ1) is 14.2. The largest absolute Gasteiger partial charge is 0.507 e. The van der Waals surface area contributed by atoms with Gasteiger partial charge in [0.1, 0.15) is 11.3 Å². The van der Waals surface area contributed by atoms with Crippen molar-refractivity contribution in [2.75, 3.05) is 11.9 Å². The maximum atomic E-state index is 12.1. The van der Waals surface area contributed by atoms with E-state index in [-0.39, 0.29) is 23.4 Å². The molecule has 1 aliphatic heterocycles. The minimum Gasteiger partial charge on any atom is -0.507 e. The molecule has 2 rings (SSSR count). The molecular weight excluding hydrogens is 260 g/mol. The summed E-state index contributed by atoms with van der Waals surface area (Å²) >= 11 is 0. The molecule has 1 aliphatic rings. The van der Waals surface area contributed by atoms with E-state index in [1.807, 2.05) is 6.92 Å². The van der Waals surface area contributed by atoms with Gasteiger partial charge in [-0.15, -0.1) is 0 Å². The number of aromatic carboxylic acids is 1. The monoisotopic (exact) mass is 278 g/mol. The fraction of sp³-hybridized carbons (Fsp3) is 0.429. The molecule has 0 aliphatic carbocycles. The number of carbonyl (C=O) groups is 2. The molecule has 1 saturated heterocycles. The van der Waals surface area contributed by atoms with E-state index >= 15 is 0 Å². The van der Waals surface area contributed by atoms with Crippen LogP contribution in [0.4, 0.5) is 10.5 Å². The summed E-state index contributed by atoms with van der Waals surface area (Å²) in [5.74, 6) is -1.10. The van der Waals surface area contributed by atoms with Gasteiger partial charge in [-0.1, -0.05) is 6.92 Å². The highest BCUT2D eigenvalue weighted by atomic mass is 16.4. The molecule has 6 nitrogen and oxygen atoms in total. The van der Waals surface area contributed by atoms with Crippen LogP contribution < -0.4 is 5.32 Å². The van der Waals surface area contributed by atoms with Gasteiger partial charge in [0.2, 0.25) is 0 Å². The Kier molecular flexibility index (Phi) is 3.83. The fourth-order valence-electron chi connectivity index (χ4n) is 2.57. The zero-order chi connectivity index (χ0) is 14.9. The molecule has 2 unspecified atom stereocenters. The zero-order valence-corrected chi connectivity index (χ0v) is 11.5. The van der Waals surface area contributed by atoms with E-state index in [9.17, 15) is 14.7 Å². The molecule has 1 heterocycles. The molecule has 2 atom stereocenters. The van der Waals surface area contributed by atoms with Crippen LogP contribution in [0.15, 0.2) is 18.2 Å². The summed E-state index contributed by atoms with van der Waals surface area (Å²) in [6.45, 7) is 4.79. The quantitative estimate of drug-likeness (QED) is 0.774. The molecule has 108 valence electrons. The van der Waals surface area contributed by atoms with E-state index in [1.165, 1.54) is 18.2 Å². The van der Waals surface area contributed by atoms with Gasteiger partial charge in [0, 0.05) is 24.3 Å². The van der Waals surface area contributed by atoms with Crippen LogP contribution in [0.2, 0.25) is 0 Å². The van der Waals surface area contributed by atoms with Crippen molar-refractivity contribution in [2.45, 2.75) is 26.3 Å². The third-order valence-corrected chi connectivity index (χ3v) is 3.52. The number of urea groups is 1. The Labute approximate surface area is 117 Å². The van der Waals surface area contributed by atoms with E-state index in [0.717, 1.165) is 6.42 Å². The molecule has 20 heavy (non-hydrogen) atoms. The number of likely N-dealkylation sites (tertiary alicyclic amines) is 1. The van der Waals surface area contributed by atoms with Crippen molar-refractivity contribution in [3.63, 3.8) is 0 Å².